The van der Waals surface area contributed by atoms with Crippen molar-refractivity contribution in [2.24, 2.45) is 5.73 Å². The molecule has 162 valence electrons. The molecule has 0 aliphatic rings. The number of ketones is 1. The van der Waals surface area contributed by atoms with Crippen molar-refractivity contribution >= 4 is 39.2 Å². The van der Waals surface area contributed by atoms with Gasteiger partial charge in [-0.1, -0.05) is 44.2 Å². The highest BCUT2D eigenvalue weighted by atomic mass is 32.1. The number of hydrogen-bond donors (Lipinski definition) is 1. The zero-order chi connectivity index (χ0) is 22.9. The zero-order valence-corrected chi connectivity index (χ0v) is 18.5. The number of methoxy groups -OCH3 is 1. The Bertz CT molecular complexity index is 1230. The summed E-state index contributed by atoms with van der Waals surface area (Å²) in [5, 5.41) is 0.221. The smallest absolute Gasteiger partial charge is 0.308 e. The van der Waals surface area contributed by atoms with E-state index in [9.17, 15) is 19.2 Å². The number of esters is 1. The third-order valence-corrected chi connectivity index (χ3v) is 6.22. The maximum Gasteiger partial charge on any atom is 0.308 e. The van der Waals surface area contributed by atoms with Gasteiger partial charge in [0.2, 0.25) is 0 Å². The number of Topliss-reactive ketones (excluding diaryl/α,β-unsaturated/α-hetero) is 1. The number of aromatic nitrogens is 2. The van der Waals surface area contributed by atoms with E-state index in [1.165, 1.54) is 11.7 Å². The van der Waals surface area contributed by atoms with E-state index in [1.807, 2.05) is 13.8 Å². The molecule has 3 rings (SSSR count). The second-order valence-electron chi connectivity index (χ2n) is 7.43. The molecule has 31 heavy (non-hydrogen) atoms. The Morgan fingerprint density at radius 3 is 2.39 bits per heavy atom. The lowest BCUT2D eigenvalue weighted by Crippen LogP contribution is -2.35. The van der Waals surface area contributed by atoms with Gasteiger partial charge in [-0.25, -0.2) is 4.98 Å². The lowest BCUT2D eigenvalue weighted by atomic mass is 10.00. The van der Waals surface area contributed by atoms with Crippen LogP contribution >= 0.6 is 11.3 Å². The van der Waals surface area contributed by atoms with Crippen molar-refractivity contribution in [3.8, 4) is 0 Å². The predicted molar refractivity (Wildman–Crippen MR) is 118 cm³/mol. The fourth-order valence-electron chi connectivity index (χ4n) is 3.49. The molecule has 1 unspecified atom stereocenters. The fourth-order valence-corrected chi connectivity index (χ4v) is 4.52. The van der Waals surface area contributed by atoms with Gasteiger partial charge < -0.3 is 10.5 Å². The van der Waals surface area contributed by atoms with Crippen LogP contribution in [0.15, 0.2) is 35.1 Å². The third kappa shape index (κ3) is 4.13. The summed E-state index contributed by atoms with van der Waals surface area (Å²) in [7, 11) is 1.22. The number of primary amides is 1. The van der Waals surface area contributed by atoms with Gasteiger partial charge in [0.05, 0.1) is 23.8 Å². The summed E-state index contributed by atoms with van der Waals surface area (Å²) in [4.78, 5) is 56.2. The van der Waals surface area contributed by atoms with Crippen LogP contribution in [-0.2, 0) is 9.53 Å². The number of amides is 1. The normalized spacial score (nSPS) is 12.2. The van der Waals surface area contributed by atoms with Crippen LogP contribution < -0.4 is 11.3 Å². The molecule has 0 radical (unpaired) electrons. The Morgan fingerprint density at radius 2 is 1.84 bits per heavy atom. The lowest BCUT2D eigenvalue weighted by molar-refractivity contribution is -0.141. The number of carbonyl (C=O) groups is 3. The molecule has 0 aliphatic carbocycles. The molecule has 3 aromatic rings. The Hall–Kier alpha value is -3.33. The highest BCUT2D eigenvalue weighted by Gasteiger charge is 2.31. The minimum atomic E-state index is -1.15. The maximum atomic E-state index is 13.6. The van der Waals surface area contributed by atoms with Gasteiger partial charge >= 0.3 is 5.97 Å². The molecular formula is C22H23N3O5S. The van der Waals surface area contributed by atoms with Crippen LogP contribution in [0, 0.1) is 6.92 Å². The number of carbonyl (C=O) groups excluding carboxylic acids is 3. The summed E-state index contributed by atoms with van der Waals surface area (Å²) in [5.41, 5.74) is 5.73. The highest BCUT2D eigenvalue weighted by molar-refractivity contribution is 7.20. The Labute approximate surface area is 182 Å². The average Bonchev–Trinajstić information content (AvgIpc) is 3.09. The number of rotatable bonds is 7. The van der Waals surface area contributed by atoms with Gasteiger partial charge in [-0.05, 0) is 12.5 Å². The Morgan fingerprint density at radius 1 is 1.19 bits per heavy atom. The number of ether oxygens (including phenoxy) is 1. The van der Waals surface area contributed by atoms with E-state index in [4.69, 9.17) is 10.5 Å². The number of benzene rings is 1. The molecule has 0 bridgehead atoms. The van der Waals surface area contributed by atoms with Crippen LogP contribution in [0.25, 0.3) is 10.2 Å². The van der Waals surface area contributed by atoms with Crippen molar-refractivity contribution in [2.45, 2.75) is 39.2 Å². The number of aryl methyl sites for hydroxylation is 1. The minimum Gasteiger partial charge on any atom is -0.469 e. The first-order valence-corrected chi connectivity index (χ1v) is 10.5. The fraction of sp³-hybridized carbons (Fsp3) is 0.318. The summed E-state index contributed by atoms with van der Waals surface area (Å²) in [6, 6.07) is 7.29. The molecule has 8 nitrogen and oxygen atoms in total. The monoisotopic (exact) mass is 441 g/mol. The standard InChI is InChI=1S/C22H23N3O5S/c1-11(2)20-24-21-16(12(3)18(31-21)19(23)28)22(29)25(20)14(10-15(26)30-4)17(27)13-8-6-5-7-9-13/h5-9,11,14H,10H2,1-4H3,(H2,23,28). The van der Waals surface area contributed by atoms with Gasteiger partial charge in [-0.3, -0.25) is 23.7 Å². The summed E-state index contributed by atoms with van der Waals surface area (Å²) in [6.45, 7) is 5.29. The second-order valence-corrected chi connectivity index (χ2v) is 8.43. The molecule has 1 amide bonds. The maximum absolute atomic E-state index is 13.6. The summed E-state index contributed by atoms with van der Waals surface area (Å²) < 4.78 is 6.06. The number of fused-ring (bicyclic) bond motifs is 1. The second kappa shape index (κ2) is 8.81. The van der Waals surface area contributed by atoms with Crippen LogP contribution in [0.2, 0.25) is 0 Å². The van der Waals surface area contributed by atoms with Gasteiger partial charge in [0.1, 0.15) is 16.7 Å². The van der Waals surface area contributed by atoms with Crippen molar-refractivity contribution in [3.63, 3.8) is 0 Å². The van der Waals surface area contributed by atoms with E-state index in [2.05, 4.69) is 4.98 Å². The van der Waals surface area contributed by atoms with Gasteiger partial charge in [0.25, 0.3) is 11.5 Å². The minimum absolute atomic E-state index is 0.221. The number of thiophene rings is 1. The zero-order valence-electron chi connectivity index (χ0n) is 17.7. The Balaban J connectivity index is 2.34. The molecule has 2 N–H and O–H groups in total. The van der Waals surface area contributed by atoms with Crippen molar-refractivity contribution in [3.05, 3.63) is 62.5 Å². The molecule has 0 saturated carbocycles. The van der Waals surface area contributed by atoms with Crippen molar-refractivity contribution in [2.75, 3.05) is 7.11 Å². The molecule has 0 saturated heterocycles. The van der Waals surface area contributed by atoms with Gasteiger partial charge in [0.15, 0.2) is 5.78 Å². The number of hydrogen-bond acceptors (Lipinski definition) is 7. The van der Waals surface area contributed by atoms with E-state index in [1.54, 1.807) is 37.3 Å². The van der Waals surface area contributed by atoms with E-state index in [0.29, 0.717) is 21.8 Å². The first kappa shape index (κ1) is 22.4. The molecule has 0 spiro atoms. The number of nitrogens with two attached hydrogens (primary N) is 1. The summed E-state index contributed by atoms with van der Waals surface area (Å²) >= 11 is 1.05. The van der Waals surface area contributed by atoms with Gasteiger partial charge in [-0.2, -0.15) is 0 Å². The summed E-state index contributed by atoms with van der Waals surface area (Å²) in [5.74, 6) is -1.58. The number of nitrogens with zero attached hydrogens (tertiary/aromatic N) is 2. The van der Waals surface area contributed by atoms with Crippen LogP contribution in [0.3, 0.4) is 0 Å². The largest absolute Gasteiger partial charge is 0.469 e. The summed E-state index contributed by atoms with van der Waals surface area (Å²) in [6.07, 6.45) is -0.330. The molecular weight excluding hydrogens is 418 g/mol. The first-order valence-electron chi connectivity index (χ1n) is 9.68. The van der Waals surface area contributed by atoms with Crippen LogP contribution in [-0.4, -0.2) is 34.3 Å². The third-order valence-electron chi connectivity index (χ3n) is 5.02. The molecule has 2 aromatic heterocycles. The molecule has 1 atom stereocenters. The molecule has 2 heterocycles. The Kier molecular flexibility index (Phi) is 6.35. The SMILES string of the molecule is COC(=O)CC(C(=O)c1ccccc1)n1c(C(C)C)nc2sc(C(N)=O)c(C)c2c1=O. The first-order chi connectivity index (χ1) is 14.7. The van der Waals surface area contributed by atoms with E-state index >= 15 is 0 Å². The van der Waals surface area contributed by atoms with Crippen molar-refractivity contribution in [1.82, 2.24) is 9.55 Å². The van der Waals surface area contributed by atoms with E-state index in [0.717, 1.165) is 11.3 Å². The average molecular weight is 442 g/mol. The van der Waals surface area contributed by atoms with E-state index in [-0.39, 0.29) is 22.6 Å². The topological polar surface area (TPSA) is 121 Å². The van der Waals surface area contributed by atoms with Crippen LogP contribution in [0.4, 0.5) is 0 Å². The van der Waals surface area contributed by atoms with Crippen molar-refractivity contribution in [1.29, 1.82) is 0 Å². The molecule has 1 aromatic carbocycles. The highest BCUT2D eigenvalue weighted by Crippen LogP contribution is 2.30. The van der Waals surface area contributed by atoms with Crippen molar-refractivity contribution < 1.29 is 19.1 Å². The van der Waals surface area contributed by atoms with Crippen LogP contribution in [0.1, 0.15) is 63.6 Å². The lowest BCUT2D eigenvalue weighted by Gasteiger charge is -2.23. The predicted octanol–water partition coefficient (Wildman–Crippen LogP) is 2.98. The van der Waals surface area contributed by atoms with Gasteiger partial charge in [0, 0.05) is 11.5 Å². The van der Waals surface area contributed by atoms with Gasteiger partial charge in [-0.15, -0.1) is 11.3 Å². The molecule has 0 fully saturated rings. The van der Waals surface area contributed by atoms with Crippen LogP contribution in [0.5, 0.6) is 0 Å². The molecule has 9 heteroatoms. The molecule has 0 aliphatic heterocycles. The quantitative estimate of drug-likeness (QED) is 0.444. The van der Waals surface area contributed by atoms with E-state index < -0.39 is 29.3 Å².